The molecule has 1 nitrogen and oxygen atoms in total. The van der Waals surface area contributed by atoms with Crippen molar-refractivity contribution in [2.45, 2.75) is 52.0 Å². The number of hydrogen-bond acceptors (Lipinski definition) is 1. The van der Waals surface area contributed by atoms with E-state index in [-0.39, 0.29) is 0 Å². The van der Waals surface area contributed by atoms with Gasteiger partial charge < -0.3 is 5.73 Å². The molecule has 1 heteroatoms. The quantitative estimate of drug-likeness (QED) is 0.571. The van der Waals surface area contributed by atoms with Gasteiger partial charge in [-0.2, -0.15) is 0 Å². The van der Waals surface area contributed by atoms with Crippen LogP contribution < -0.4 is 5.73 Å². The molecule has 0 heterocycles. The van der Waals surface area contributed by atoms with E-state index in [0.29, 0.717) is 6.04 Å². The van der Waals surface area contributed by atoms with Crippen LogP contribution in [0.1, 0.15) is 46.0 Å². The maximum atomic E-state index is 5.93. The maximum Gasteiger partial charge on any atom is 0.00390 e. The Morgan fingerprint density at radius 2 is 1.36 bits per heavy atom. The Labute approximate surface area is 70.4 Å². The Balaban J connectivity index is 2.34. The predicted octanol–water partition coefficient (Wildman–Crippen LogP) is 2.55. The van der Waals surface area contributed by atoms with E-state index in [2.05, 4.69) is 13.8 Å². The highest BCUT2D eigenvalue weighted by Gasteiger charge is 2.15. The zero-order valence-corrected chi connectivity index (χ0v) is 7.84. The second-order valence-electron chi connectivity index (χ2n) is 4.36. The van der Waals surface area contributed by atoms with E-state index in [1.807, 2.05) is 0 Å². The van der Waals surface area contributed by atoms with Gasteiger partial charge in [-0.1, -0.05) is 13.8 Å². The molecule has 2 N–H and O–H groups in total. The van der Waals surface area contributed by atoms with Crippen LogP contribution in [-0.2, 0) is 0 Å². The highest BCUT2D eigenvalue weighted by molar-refractivity contribution is 4.71. The van der Waals surface area contributed by atoms with Gasteiger partial charge in [-0.05, 0) is 43.9 Å². The molecule has 0 amide bonds. The first-order valence-electron chi connectivity index (χ1n) is 4.94. The van der Waals surface area contributed by atoms with Gasteiger partial charge in [0.15, 0.2) is 0 Å². The van der Waals surface area contributed by atoms with E-state index in [1.165, 1.54) is 32.1 Å². The summed E-state index contributed by atoms with van der Waals surface area (Å²) in [4.78, 5) is 0. The lowest BCUT2D eigenvalue weighted by Crippen LogP contribution is -2.24. The lowest BCUT2D eigenvalue weighted by Gasteiger charge is -2.24. The molecular weight excluding hydrogens is 134 g/mol. The molecule has 11 heavy (non-hydrogen) atoms. The van der Waals surface area contributed by atoms with Crippen LogP contribution in [0.2, 0.25) is 0 Å². The first-order chi connectivity index (χ1) is 5.18. The van der Waals surface area contributed by atoms with Gasteiger partial charge in [-0.15, -0.1) is 0 Å². The molecule has 1 saturated carbocycles. The monoisotopic (exact) mass is 155 g/mol. The van der Waals surface area contributed by atoms with E-state index < -0.39 is 0 Å². The third-order valence-electron chi connectivity index (χ3n) is 2.87. The van der Waals surface area contributed by atoms with E-state index in [1.54, 1.807) is 0 Å². The molecule has 0 aliphatic heterocycles. The Bertz CT molecular complexity index is 99.4. The molecule has 2 unspecified atom stereocenters. The summed E-state index contributed by atoms with van der Waals surface area (Å²) in [5.74, 6) is 1.80. The van der Waals surface area contributed by atoms with Crippen molar-refractivity contribution in [2.75, 3.05) is 0 Å². The molecule has 1 aliphatic carbocycles. The smallest absolute Gasteiger partial charge is 0.00390 e. The number of nitrogens with two attached hydrogens (primary N) is 1. The first-order valence-corrected chi connectivity index (χ1v) is 4.94. The predicted molar refractivity (Wildman–Crippen MR) is 49.4 cm³/mol. The fourth-order valence-corrected chi connectivity index (χ4v) is 2.06. The fraction of sp³-hybridized carbons (Fsp3) is 1.00. The van der Waals surface area contributed by atoms with E-state index >= 15 is 0 Å². The molecule has 1 rings (SSSR count). The van der Waals surface area contributed by atoms with Crippen molar-refractivity contribution in [1.29, 1.82) is 0 Å². The van der Waals surface area contributed by atoms with Crippen molar-refractivity contribution >= 4 is 0 Å². The van der Waals surface area contributed by atoms with Crippen molar-refractivity contribution < 1.29 is 0 Å². The van der Waals surface area contributed by atoms with Crippen molar-refractivity contribution in [3.63, 3.8) is 0 Å². The van der Waals surface area contributed by atoms with Crippen molar-refractivity contribution in [2.24, 2.45) is 17.6 Å². The summed E-state index contributed by atoms with van der Waals surface area (Å²) >= 11 is 0. The van der Waals surface area contributed by atoms with Crippen molar-refractivity contribution in [1.82, 2.24) is 0 Å². The molecule has 0 aromatic heterocycles. The van der Waals surface area contributed by atoms with Gasteiger partial charge in [0.2, 0.25) is 0 Å². The molecule has 1 aliphatic rings. The normalized spacial score (nSPS) is 41.2. The fourth-order valence-electron chi connectivity index (χ4n) is 2.06. The van der Waals surface area contributed by atoms with Crippen LogP contribution in [0.15, 0.2) is 0 Å². The highest BCUT2D eigenvalue weighted by atomic mass is 14.6. The van der Waals surface area contributed by atoms with Gasteiger partial charge in [0.05, 0.1) is 0 Å². The summed E-state index contributed by atoms with van der Waals surface area (Å²) < 4.78 is 0. The number of hydrogen-bond donors (Lipinski definition) is 1. The first kappa shape index (κ1) is 9.05. The second kappa shape index (κ2) is 4.10. The summed E-state index contributed by atoms with van der Waals surface area (Å²) in [7, 11) is 0. The molecule has 1 fully saturated rings. The second-order valence-corrected chi connectivity index (χ2v) is 4.36. The Kier molecular flexibility index (Phi) is 3.38. The summed E-state index contributed by atoms with van der Waals surface area (Å²) in [6.07, 6.45) is 6.57. The third-order valence-corrected chi connectivity index (χ3v) is 2.87. The Morgan fingerprint density at radius 3 is 1.82 bits per heavy atom. The standard InChI is InChI=1S/C10H21N/c1-8-3-5-10(11)6-4-9(2)7-8/h8-10H,3-7,11H2,1-2H3. The highest BCUT2D eigenvalue weighted by Crippen LogP contribution is 2.25. The average molecular weight is 155 g/mol. The Hall–Kier alpha value is -0.0400. The average Bonchev–Trinajstić information content (AvgIpc) is 1.95. The van der Waals surface area contributed by atoms with Gasteiger partial charge in [0.1, 0.15) is 0 Å². The zero-order valence-electron chi connectivity index (χ0n) is 7.84. The topological polar surface area (TPSA) is 26.0 Å². The molecule has 0 saturated heterocycles. The zero-order chi connectivity index (χ0) is 8.27. The van der Waals surface area contributed by atoms with Crippen LogP contribution in [0.25, 0.3) is 0 Å². The van der Waals surface area contributed by atoms with E-state index in [9.17, 15) is 0 Å². The summed E-state index contributed by atoms with van der Waals surface area (Å²) in [5, 5.41) is 0. The van der Waals surface area contributed by atoms with Gasteiger partial charge >= 0.3 is 0 Å². The lowest BCUT2D eigenvalue weighted by molar-refractivity contribution is 0.310. The van der Waals surface area contributed by atoms with Gasteiger partial charge in [-0.25, -0.2) is 0 Å². The van der Waals surface area contributed by atoms with Crippen LogP contribution in [0.5, 0.6) is 0 Å². The molecule has 0 bridgehead atoms. The van der Waals surface area contributed by atoms with Crippen LogP contribution in [0.4, 0.5) is 0 Å². The molecule has 66 valence electrons. The summed E-state index contributed by atoms with van der Waals surface area (Å²) in [6.45, 7) is 4.71. The van der Waals surface area contributed by atoms with Crippen LogP contribution in [0.3, 0.4) is 0 Å². The lowest BCUT2D eigenvalue weighted by atomic mass is 9.85. The molecule has 0 spiro atoms. The third kappa shape index (κ3) is 3.24. The Morgan fingerprint density at radius 1 is 0.909 bits per heavy atom. The maximum absolute atomic E-state index is 5.93. The van der Waals surface area contributed by atoms with E-state index in [0.717, 1.165) is 11.8 Å². The van der Waals surface area contributed by atoms with Crippen molar-refractivity contribution in [3.05, 3.63) is 0 Å². The minimum Gasteiger partial charge on any atom is -0.328 e. The van der Waals surface area contributed by atoms with E-state index in [4.69, 9.17) is 5.73 Å². The summed E-state index contributed by atoms with van der Waals surface area (Å²) in [5.41, 5.74) is 5.93. The minimum atomic E-state index is 0.486. The molecule has 0 radical (unpaired) electrons. The number of rotatable bonds is 0. The van der Waals surface area contributed by atoms with Crippen LogP contribution in [0, 0.1) is 11.8 Å². The van der Waals surface area contributed by atoms with Crippen molar-refractivity contribution in [3.8, 4) is 0 Å². The van der Waals surface area contributed by atoms with Gasteiger partial charge in [0, 0.05) is 6.04 Å². The summed E-state index contributed by atoms with van der Waals surface area (Å²) in [6, 6.07) is 0.486. The van der Waals surface area contributed by atoms with Gasteiger partial charge in [0.25, 0.3) is 0 Å². The molecule has 2 atom stereocenters. The molecule has 0 aromatic carbocycles. The van der Waals surface area contributed by atoms with Gasteiger partial charge in [-0.3, -0.25) is 0 Å². The largest absolute Gasteiger partial charge is 0.328 e. The molecule has 0 aromatic rings. The minimum absolute atomic E-state index is 0.486. The van der Waals surface area contributed by atoms with Crippen LogP contribution >= 0.6 is 0 Å². The van der Waals surface area contributed by atoms with Crippen LogP contribution in [-0.4, -0.2) is 6.04 Å². The molecular formula is C10H21N. The SMILES string of the molecule is CC1CCC(N)CCC(C)C1.